The average molecular weight is 307 g/mol. The quantitative estimate of drug-likeness (QED) is 0.819. The summed E-state index contributed by atoms with van der Waals surface area (Å²) in [6.45, 7) is 3.81. The Morgan fingerprint density at radius 2 is 2.00 bits per heavy atom. The number of hydrogen-bond acceptors (Lipinski definition) is 4. The second-order valence-electron chi connectivity index (χ2n) is 4.90. The number of ether oxygens (including phenoxy) is 1. The van der Waals surface area contributed by atoms with Crippen LogP contribution in [0.4, 0.5) is 19.0 Å². The molecular weight excluding hydrogens is 291 g/mol. The molecule has 0 aromatic carbocycles. The number of halogens is 3. The molecule has 1 rings (SSSR count). The number of thiocarbonyl (C=S) groups is 1. The third-order valence-electron chi connectivity index (χ3n) is 2.41. The minimum atomic E-state index is -4.53. The van der Waals surface area contributed by atoms with E-state index in [1.807, 2.05) is 0 Å². The lowest BCUT2D eigenvalue weighted by Gasteiger charge is -2.27. The molecule has 0 unspecified atom stereocenters. The maximum Gasteiger partial charge on any atom is 0.433 e. The predicted octanol–water partition coefficient (Wildman–Crippen LogP) is 2.57. The largest absolute Gasteiger partial charge is 0.433 e. The first-order chi connectivity index (χ1) is 9.07. The molecule has 1 aromatic heterocycles. The third-order valence-corrected chi connectivity index (χ3v) is 2.63. The van der Waals surface area contributed by atoms with E-state index in [2.05, 4.69) is 10.3 Å². The van der Waals surface area contributed by atoms with Crippen LogP contribution in [0.3, 0.4) is 0 Å². The number of anilines is 1. The van der Waals surface area contributed by atoms with E-state index in [-0.39, 0.29) is 23.0 Å². The lowest BCUT2D eigenvalue weighted by atomic mass is 10.1. The Balaban J connectivity index is 3.23. The third kappa shape index (κ3) is 4.31. The highest BCUT2D eigenvalue weighted by Crippen LogP contribution is 2.30. The molecule has 3 N–H and O–H groups in total. The Labute approximate surface area is 120 Å². The van der Waals surface area contributed by atoms with Crippen molar-refractivity contribution in [1.29, 1.82) is 0 Å². The van der Waals surface area contributed by atoms with Crippen molar-refractivity contribution in [2.75, 3.05) is 19.0 Å². The van der Waals surface area contributed by atoms with Crippen LogP contribution in [0.15, 0.2) is 12.1 Å². The number of aromatic nitrogens is 1. The Bertz CT molecular complexity index is 503. The Kier molecular flexibility index (Phi) is 4.93. The van der Waals surface area contributed by atoms with Crippen molar-refractivity contribution in [3.05, 3.63) is 23.4 Å². The van der Waals surface area contributed by atoms with Crippen molar-refractivity contribution < 1.29 is 17.9 Å². The van der Waals surface area contributed by atoms with Crippen molar-refractivity contribution in [2.24, 2.45) is 5.73 Å². The van der Waals surface area contributed by atoms with Crippen LogP contribution in [0.2, 0.25) is 0 Å². The summed E-state index contributed by atoms with van der Waals surface area (Å²) in [6, 6.07) is 2.06. The van der Waals surface area contributed by atoms with E-state index in [1.54, 1.807) is 13.8 Å². The highest BCUT2D eigenvalue weighted by atomic mass is 32.1. The molecule has 20 heavy (non-hydrogen) atoms. The average Bonchev–Trinajstić information content (AvgIpc) is 2.26. The molecule has 0 atom stereocenters. The summed E-state index contributed by atoms with van der Waals surface area (Å²) in [5, 5.41) is 2.88. The van der Waals surface area contributed by atoms with Gasteiger partial charge in [-0.3, -0.25) is 0 Å². The first-order valence-electron chi connectivity index (χ1n) is 5.72. The van der Waals surface area contributed by atoms with Gasteiger partial charge >= 0.3 is 6.18 Å². The molecule has 112 valence electrons. The maximum atomic E-state index is 12.7. The van der Waals surface area contributed by atoms with Crippen LogP contribution in [-0.4, -0.2) is 29.2 Å². The highest BCUT2D eigenvalue weighted by molar-refractivity contribution is 7.80. The summed E-state index contributed by atoms with van der Waals surface area (Å²) in [6.07, 6.45) is -4.53. The Morgan fingerprint density at radius 3 is 2.45 bits per heavy atom. The lowest BCUT2D eigenvalue weighted by Crippen LogP contribution is -2.37. The number of alkyl halides is 3. The van der Waals surface area contributed by atoms with Crippen LogP contribution in [0.1, 0.15) is 25.1 Å². The molecule has 1 aromatic rings. The fraction of sp³-hybridized carbons (Fsp3) is 0.500. The van der Waals surface area contributed by atoms with Crippen molar-refractivity contribution in [3.8, 4) is 0 Å². The minimum absolute atomic E-state index is 0.00521. The zero-order chi connectivity index (χ0) is 15.6. The second-order valence-corrected chi connectivity index (χ2v) is 5.34. The van der Waals surface area contributed by atoms with Crippen LogP contribution < -0.4 is 11.1 Å². The zero-order valence-electron chi connectivity index (χ0n) is 11.3. The van der Waals surface area contributed by atoms with Crippen LogP contribution >= 0.6 is 12.2 Å². The molecule has 0 spiro atoms. The number of methoxy groups -OCH3 is 1. The van der Waals surface area contributed by atoms with Crippen molar-refractivity contribution in [2.45, 2.75) is 25.6 Å². The van der Waals surface area contributed by atoms with Crippen LogP contribution in [0, 0.1) is 0 Å². The fourth-order valence-corrected chi connectivity index (χ4v) is 1.79. The Hall–Kier alpha value is -1.41. The van der Waals surface area contributed by atoms with Gasteiger partial charge in [0.05, 0.1) is 17.7 Å². The number of nitrogens with two attached hydrogens (primary N) is 1. The smallest absolute Gasteiger partial charge is 0.389 e. The zero-order valence-corrected chi connectivity index (χ0v) is 12.2. The number of nitrogens with zero attached hydrogens (tertiary/aromatic N) is 1. The van der Waals surface area contributed by atoms with Gasteiger partial charge in [0, 0.05) is 7.11 Å². The van der Waals surface area contributed by atoms with E-state index < -0.39 is 17.4 Å². The minimum Gasteiger partial charge on any atom is -0.389 e. The Morgan fingerprint density at radius 1 is 1.40 bits per heavy atom. The summed E-state index contributed by atoms with van der Waals surface area (Å²) in [7, 11) is 1.50. The van der Waals surface area contributed by atoms with Gasteiger partial charge < -0.3 is 15.8 Å². The standard InChI is InChI=1S/C12H16F3N3OS/c1-11(2,6-19-3)18-10-7(9(16)20)4-5-8(17-10)12(13,14)15/h4-5H,6H2,1-3H3,(H2,16,20)(H,17,18). The molecular formula is C12H16F3N3OS. The van der Waals surface area contributed by atoms with Crippen molar-refractivity contribution in [1.82, 2.24) is 4.98 Å². The summed E-state index contributed by atoms with van der Waals surface area (Å²) in [4.78, 5) is 3.55. The van der Waals surface area contributed by atoms with Crippen LogP contribution in [0.25, 0.3) is 0 Å². The van der Waals surface area contributed by atoms with Gasteiger partial charge in [0.2, 0.25) is 0 Å². The molecule has 0 radical (unpaired) electrons. The maximum absolute atomic E-state index is 12.7. The lowest BCUT2D eigenvalue weighted by molar-refractivity contribution is -0.141. The molecule has 0 saturated heterocycles. The van der Waals surface area contributed by atoms with Gasteiger partial charge in [0.1, 0.15) is 16.5 Å². The van der Waals surface area contributed by atoms with E-state index in [4.69, 9.17) is 22.7 Å². The molecule has 0 bridgehead atoms. The normalized spacial score (nSPS) is 12.3. The molecule has 0 saturated carbocycles. The molecule has 0 aliphatic rings. The monoisotopic (exact) mass is 307 g/mol. The van der Waals surface area contributed by atoms with E-state index >= 15 is 0 Å². The number of pyridine rings is 1. The van der Waals surface area contributed by atoms with Gasteiger partial charge in [0.15, 0.2) is 0 Å². The second kappa shape index (κ2) is 5.92. The molecule has 0 aliphatic heterocycles. The van der Waals surface area contributed by atoms with Crippen LogP contribution in [-0.2, 0) is 10.9 Å². The molecule has 0 amide bonds. The van der Waals surface area contributed by atoms with Gasteiger partial charge in [0.25, 0.3) is 0 Å². The molecule has 0 fully saturated rings. The topological polar surface area (TPSA) is 60.2 Å². The molecule has 1 heterocycles. The fourth-order valence-electron chi connectivity index (χ4n) is 1.63. The number of rotatable bonds is 5. The van der Waals surface area contributed by atoms with Crippen molar-refractivity contribution in [3.63, 3.8) is 0 Å². The molecule has 0 aliphatic carbocycles. The van der Waals surface area contributed by atoms with E-state index in [9.17, 15) is 13.2 Å². The van der Waals surface area contributed by atoms with Crippen LogP contribution in [0.5, 0.6) is 0 Å². The first-order valence-corrected chi connectivity index (χ1v) is 6.13. The molecule has 8 heteroatoms. The molecule has 4 nitrogen and oxygen atoms in total. The summed E-state index contributed by atoms with van der Waals surface area (Å²) in [5.41, 5.74) is 4.14. The van der Waals surface area contributed by atoms with Gasteiger partial charge in [-0.25, -0.2) is 4.98 Å². The van der Waals surface area contributed by atoms with Gasteiger partial charge in [-0.1, -0.05) is 12.2 Å². The SMILES string of the molecule is COCC(C)(C)Nc1nc(C(F)(F)F)ccc1C(N)=S. The van der Waals surface area contributed by atoms with E-state index in [0.717, 1.165) is 6.07 Å². The number of hydrogen-bond donors (Lipinski definition) is 2. The van der Waals surface area contributed by atoms with Gasteiger partial charge in [-0.05, 0) is 26.0 Å². The first kappa shape index (κ1) is 16.6. The summed E-state index contributed by atoms with van der Waals surface area (Å²) < 4.78 is 43.1. The summed E-state index contributed by atoms with van der Waals surface area (Å²) >= 11 is 4.83. The number of nitrogens with one attached hydrogen (secondary N) is 1. The highest BCUT2D eigenvalue weighted by Gasteiger charge is 2.33. The van der Waals surface area contributed by atoms with E-state index in [0.29, 0.717) is 0 Å². The van der Waals surface area contributed by atoms with Gasteiger partial charge in [-0.2, -0.15) is 13.2 Å². The van der Waals surface area contributed by atoms with E-state index in [1.165, 1.54) is 13.2 Å². The predicted molar refractivity (Wildman–Crippen MR) is 74.7 cm³/mol. The summed E-state index contributed by atoms with van der Waals surface area (Å²) in [5.74, 6) is -0.00521. The van der Waals surface area contributed by atoms with Gasteiger partial charge in [-0.15, -0.1) is 0 Å². The van der Waals surface area contributed by atoms with Crippen molar-refractivity contribution >= 4 is 23.0 Å².